The molecule has 1 aromatic rings. The first-order valence-electron chi connectivity index (χ1n) is 4.07. The SMILES string of the molecule is C[C@H](O)CNc1cc(Br)c(F)cc1F. The molecule has 0 saturated heterocycles. The quantitative estimate of drug-likeness (QED) is 0.824. The fourth-order valence-corrected chi connectivity index (χ4v) is 1.26. The number of rotatable bonds is 3. The van der Waals surface area contributed by atoms with Crippen molar-refractivity contribution in [3.8, 4) is 0 Å². The summed E-state index contributed by atoms with van der Waals surface area (Å²) in [6, 6.07) is 2.08. The number of aliphatic hydroxyl groups excluding tert-OH is 1. The van der Waals surface area contributed by atoms with Crippen LogP contribution in [0.15, 0.2) is 16.6 Å². The first kappa shape index (κ1) is 11.4. The van der Waals surface area contributed by atoms with Crippen molar-refractivity contribution >= 4 is 21.6 Å². The molecule has 2 nitrogen and oxygen atoms in total. The van der Waals surface area contributed by atoms with Gasteiger partial charge in [0.1, 0.15) is 11.6 Å². The van der Waals surface area contributed by atoms with Crippen LogP contribution in [-0.4, -0.2) is 17.8 Å². The van der Waals surface area contributed by atoms with Crippen LogP contribution in [0.25, 0.3) is 0 Å². The second kappa shape index (κ2) is 4.70. The predicted octanol–water partition coefficient (Wildman–Crippen LogP) is 2.52. The maximum atomic E-state index is 13.1. The number of anilines is 1. The standard InChI is InChI=1S/C9H10BrF2NO/c1-5(14)4-13-9-2-6(10)7(11)3-8(9)12/h2-3,5,13-14H,4H2,1H3/t5-/m0/s1. The molecule has 5 heteroatoms. The third-order valence-electron chi connectivity index (χ3n) is 1.60. The minimum atomic E-state index is -0.675. The van der Waals surface area contributed by atoms with Crippen LogP contribution < -0.4 is 5.32 Å². The van der Waals surface area contributed by atoms with E-state index < -0.39 is 17.7 Å². The lowest BCUT2D eigenvalue weighted by Crippen LogP contribution is -2.16. The van der Waals surface area contributed by atoms with Crippen LogP contribution in [0, 0.1) is 11.6 Å². The largest absolute Gasteiger partial charge is 0.392 e. The van der Waals surface area contributed by atoms with E-state index in [1.165, 1.54) is 6.07 Å². The van der Waals surface area contributed by atoms with Gasteiger partial charge < -0.3 is 10.4 Å². The summed E-state index contributed by atoms with van der Waals surface area (Å²) in [6.45, 7) is 1.79. The Morgan fingerprint density at radius 3 is 2.64 bits per heavy atom. The molecule has 0 amide bonds. The lowest BCUT2D eigenvalue weighted by molar-refractivity contribution is 0.208. The molecule has 1 aromatic carbocycles. The minimum Gasteiger partial charge on any atom is -0.392 e. The van der Waals surface area contributed by atoms with Gasteiger partial charge in [-0.15, -0.1) is 0 Å². The summed E-state index contributed by atoms with van der Waals surface area (Å²) in [5.74, 6) is -1.32. The highest BCUT2D eigenvalue weighted by molar-refractivity contribution is 9.10. The zero-order valence-corrected chi connectivity index (χ0v) is 9.11. The van der Waals surface area contributed by atoms with E-state index in [2.05, 4.69) is 21.2 Å². The Labute approximate surface area is 89.1 Å². The minimum absolute atomic E-state index is 0.166. The molecule has 0 fully saturated rings. The van der Waals surface area contributed by atoms with Crippen molar-refractivity contribution in [2.75, 3.05) is 11.9 Å². The summed E-state index contributed by atoms with van der Waals surface area (Å²) >= 11 is 2.94. The van der Waals surface area contributed by atoms with E-state index in [-0.39, 0.29) is 16.7 Å². The fraction of sp³-hybridized carbons (Fsp3) is 0.333. The molecule has 0 saturated carbocycles. The highest BCUT2D eigenvalue weighted by Crippen LogP contribution is 2.23. The van der Waals surface area contributed by atoms with E-state index >= 15 is 0 Å². The first-order chi connectivity index (χ1) is 6.50. The zero-order chi connectivity index (χ0) is 10.7. The van der Waals surface area contributed by atoms with E-state index in [4.69, 9.17) is 5.11 Å². The number of hydrogen-bond donors (Lipinski definition) is 2. The van der Waals surface area contributed by atoms with Gasteiger partial charge in [0.05, 0.1) is 16.3 Å². The van der Waals surface area contributed by atoms with Crippen molar-refractivity contribution < 1.29 is 13.9 Å². The van der Waals surface area contributed by atoms with E-state index in [9.17, 15) is 8.78 Å². The summed E-state index contributed by atoms with van der Waals surface area (Å²) in [6.07, 6.45) is -0.585. The lowest BCUT2D eigenvalue weighted by atomic mass is 10.3. The third-order valence-corrected chi connectivity index (χ3v) is 2.21. The molecule has 1 rings (SSSR count). The molecule has 0 spiro atoms. The molecule has 0 aliphatic rings. The van der Waals surface area contributed by atoms with Crippen LogP contribution in [0.1, 0.15) is 6.92 Å². The van der Waals surface area contributed by atoms with Gasteiger partial charge in [0, 0.05) is 12.6 Å². The Morgan fingerprint density at radius 1 is 1.43 bits per heavy atom. The second-order valence-electron chi connectivity index (χ2n) is 2.98. The monoisotopic (exact) mass is 265 g/mol. The Morgan fingerprint density at radius 2 is 2.07 bits per heavy atom. The first-order valence-corrected chi connectivity index (χ1v) is 4.86. The molecular weight excluding hydrogens is 256 g/mol. The number of benzene rings is 1. The molecule has 0 bridgehead atoms. The summed E-state index contributed by atoms with van der Waals surface area (Å²) in [7, 11) is 0. The van der Waals surface area contributed by atoms with Crippen molar-refractivity contribution in [3.05, 3.63) is 28.2 Å². The van der Waals surface area contributed by atoms with Crippen molar-refractivity contribution in [2.45, 2.75) is 13.0 Å². The van der Waals surface area contributed by atoms with Crippen LogP contribution in [0.2, 0.25) is 0 Å². The molecular formula is C9H10BrF2NO. The average molecular weight is 266 g/mol. The summed E-state index contributed by atoms with van der Waals surface area (Å²) in [5, 5.41) is 11.6. The Hall–Kier alpha value is -0.680. The van der Waals surface area contributed by atoms with Gasteiger partial charge in [-0.1, -0.05) is 0 Å². The second-order valence-corrected chi connectivity index (χ2v) is 3.83. The van der Waals surface area contributed by atoms with Gasteiger partial charge in [-0.2, -0.15) is 0 Å². The molecule has 0 unspecified atom stereocenters. The Kier molecular flexibility index (Phi) is 3.83. The van der Waals surface area contributed by atoms with Crippen molar-refractivity contribution in [3.63, 3.8) is 0 Å². The maximum Gasteiger partial charge on any atom is 0.149 e. The van der Waals surface area contributed by atoms with Gasteiger partial charge >= 0.3 is 0 Å². The predicted molar refractivity (Wildman–Crippen MR) is 54.2 cm³/mol. The molecule has 0 heterocycles. The van der Waals surface area contributed by atoms with Crippen molar-refractivity contribution in [1.29, 1.82) is 0 Å². The molecule has 78 valence electrons. The molecule has 14 heavy (non-hydrogen) atoms. The van der Waals surface area contributed by atoms with Gasteiger partial charge in [-0.25, -0.2) is 8.78 Å². The van der Waals surface area contributed by atoms with Crippen LogP contribution in [0.3, 0.4) is 0 Å². The van der Waals surface area contributed by atoms with Gasteiger partial charge in [0.25, 0.3) is 0 Å². The summed E-state index contributed by atoms with van der Waals surface area (Å²) in [5.41, 5.74) is 0.166. The van der Waals surface area contributed by atoms with E-state index in [0.717, 1.165) is 6.07 Å². The fourth-order valence-electron chi connectivity index (χ4n) is 0.916. The molecule has 0 aliphatic heterocycles. The Bertz CT molecular complexity index is 331. The summed E-state index contributed by atoms with van der Waals surface area (Å²) < 4.78 is 26.1. The van der Waals surface area contributed by atoms with Crippen LogP contribution in [0.4, 0.5) is 14.5 Å². The van der Waals surface area contributed by atoms with E-state index in [0.29, 0.717) is 0 Å². The lowest BCUT2D eigenvalue weighted by Gasteiger charge is -2.09. The van der Waals surface area contributed by atoms with E-state index in [1.54, 1.807) is 6.92 Å². The van der Waals surface area contributed by atoms with Gasteiger partial charge in [0.2, 0.25) is 0 Å². The van der Waals surface area contributed by atoms with Gasteiger partial charge in [-0.05, 0) is 28.9 Å². The molecule has 0 aromatic heterocycles. The zero-order valence-electron chi connectivity index (χ0n) is 7.52. The smallest absolute Gasteiger partial charge is 0.149 e. The molecule has 1 atom stereocenters. The topological polar surface area (TPSA) is 32.3 Å². The average Bonchev–Trinajstić information content (AvgIpc) is 2.09. The molecule has 2 N–H and O–H groups in total. The number of hydrogen-bond acceptors (Lipinski definition) is 2. The number of nitrogens with one attached hydrogen (secondary N) is 1. The molecule has 0 aliphatic carbocycles. The molecule has 0 radical (unpaired) electrons. The maximum absolute atomic E-state index is 13.1. The summed E-state index contributed by atoms with van der Waals surface area (Å²) in [4.78, 5) is 0. The highest BCUT2D eigenvalue weighted by Gasteiger charge is 2.08. The third kappa shape index (κ3) is 2.92. The van der Waals surface area contributed by atoms with Crippen molar-refractivity contribution in [1.82, 2.24) is 0 Å². The van der Waals surface area contributed by atoms with Crippen LogP contribution in [-0.2, 0) is 0 Å². The number of halogens is 3. The normalized spacial score (nSPS) is 12.6. The van der Waals surface area contributed by atoms with Crippen LogP contribution in [0.5, 0.6) is 0 Å². The van der Waals surface area contributed by atoms with Gasteiger partial charge in [0.15, 0.2) is 0 Å². The highest BCUT2D eigenvalue weighted by atomic mass is 79.9. The van der Waals surface area contributed by atoms with Crippen LogP contribution >= 0.6 is 15.9 Å². The van der Waals surface area contributed by atoms with Crippen molar-refractivity contribution in [2.24, 2.45) is 0 Å². The van der Waals surface area contributed by atoms with Gasteiger partial charge in [-0.3, -0.25) is 0 Å². The number of aliphatic hydroxyl groups is 1. The van der Waals surface area contributed by atoms with E-state index in [1.807, 2.05) is 0 Å². The Balaban J connectivity index is 2.82.